The molecular formula is C21H20ClF3N4O. The molecule has 5 nitrogen and oxygen atoms in total. The Morgan fingerprint density at radius 1 is 1.10 bits per heavy atom. The summed E-state index contributed by atoms with van der Waals surface area (Å²) in [5, 5.41) is 6.68. The number of halogens is 4. The minimum absolute atomic E-state index is 0.149. The van der Waals surface area contributed by atoms with Crippen molar-refractivity contribution in [2.75, 3.05) is 26.0 Å². The molecule has 1 amide bonds. The van der Waals surface area contributed by atoms with Gasteiger partial charge in [-0.1, -0.05) is 23.7 Å². The van der Waals surface area contributed by atoms with Gasteiger partial charge < -0.3 is 10.2 Å². The van der Waals surface area contributed by atoms with Crippen LogP contribution < -0.4 is 5.32 Å². The molecule has 158 valence electrons. The van der Waals surface area contributed by atoms with E-state index in [-0.39, 0.29) is 5.69 Å². The second kappa shape index (κ2) is 8.89. The second-order valence-corrected chi connectivity index (χ2v) is 7.43. The first-order valence-electron chi connectivity index (χ1n) is 9.11. The number of amides is 1. The fourth-order valence-electron chi connectivity index (χ4n) is 2.87. The minimum atomic E-state index is -4.78. The van der Waals surface area contributed by atoms with Crippen LogP contribution in [0, 0.1) is 0 Å². The number of carbonyl (C=O) groups excluding carboxylic acids is 1. The third-order valence-corrected chi connectivity index (χ3v) is 4.67. The van der Waals surface area contributed by atoms with Gasteiger partial charge in [0.2, 0.25) is 0 Å². The number of nitrogens with zero attached hydrogens (tertiary/aromatic N) is 3. The zero-order chi connectivity index (χ0) is 21.9. The SMILES string of the molecule is CN(C)CCc1ccc(NC(=O)c2cnn(-c3ccc(Cl)cc3)c2C(F)(F)F)cc1. The van der Waals surface area contributed by atoms with E-state index in [1.54, 1.807) is 12.1 Å². The molecule has 3 aromatic rings. The van der Waals surface area contributed by atoms with Gasteiger partial charge in [0.05, 0.1) is 17.4 Å². The molecule has 0 aliphatic rings. The molecule has 9 heteroatoms. The summed E-state index contributed by atoms with van der Waals surface area (Å²) in [5.74, 6) is -0.886. The second-order valence-electron chi connectivity index (χ2n) is 7.00. The van der Waals surface area contributed by atoms with Gasteiger partial charge in [0.15, 0.2) is 5.69 Å². The summed E-state index contributed by atoms with van der Waals surface area (Å²) in [7, 11) is 3.94. The summed E-state index contributed by atoms with van der Waals surface area (Å²) in [6.07, 6.45) is -3.04. The van der Waals surface area contributed by atoms with E-state index in [0.717, 1.165) is 24.7 Å². The first-order valence-corrected chi connectivity index (χ1v) is 9.49. The number of rotatable bonds is 6. The number of anilines is 1. The maximum absolute atomic E-state index is 13.7. The van der Waals surface area contributed by atoms with E-state index in [0.29, 0.717) is 15.4 Å². The Morgan fingerprint density at radius 3 is 2.30 bits per heavy atom. The van der Waals surface area contributed by atoms with E-state index in [1.165, 1.54) is 24.3 Å². The van der Waals surface area contributed by atoms with E-state index in [2.05, 4.69) is 10.4 Å². The van der Waals surface area contributed by atoms with E-state index in [9.17, 15) is 18.0 Å². The van der Waals surface area contributed by atoms with Crippen LogP contribution in [0.5, 0.6) is 0 Å². The molecule has 30 heavy (non-hydrogen) atoms. The van der Waals surface area contributed by atoms with Crippen LogP contribution in [0.1, 0.15) is 21.6 Å². The van der Waals surface area contributed by atoms with Crippen molar-refractivity contribution in [1.82, 2.24) is 14.7 Å². The van der Waals surface area contributed by atoms with Crippen LogP contribution in [-0.2, 0) is 12.6 Å². The summed E-state index contributed by atoms with van der Waals surface area (Å²) in [4.78, 5) is 14.6. The van der Waals surface area contributed by atoms with Gasteiger partial charge in [-0.2, -0.15) is 18.3 Å². The van der Waals surface area contributed by atoms with Crippen LogP contribution in [0.3, 0.4) is 0 Å². The fourth-order valence-corrected chi connectivity index (χ4v) is 3.00. The Balaban J connectivity index is 1.84. The average Bonchev–Trinajstić information content (AvgIpc) is 3.14. The summed E-state index contributed by atoms with van der Waals surface area (Å²) >= 11 is 5.80. The molecule has 1 heterocycles. The lowest BCUT2D eigenvalue weighted by atomic mass is 10.1. The first kappa shape index (κ1) is 21.9. The lowest BCUT2D eigenvalue weighted by molar-refractivity contribution is -0.143. The Morgan fingerprint density at radius 2 is 1.73 bits per heavy atom. The van der Waals surface area contributed by atoms with Crippen LogP contribution in [-0.4, -0.2) is 41.2 Å². The normalized spacial score (nSPS) is 11.7. The van der Waals surface area contributed by atoms with Crippen LogP contribution in [0.15, 0.2) is 54.7 Å². The van der Waals surface area contributed by atoms with Crippen LogP contribution in [0.4, 0.5) is 18.9 Å². The Labute approximate surface area is 177 Å². The predicted octanol–water partition coefficient (Wildman–Crippen LogP) is 4.90. The van der Waals surface area contributed by atoms with Crippen LogP contribution >= 0.6 is 11.6 Å². The highest BCUT2D eigenvalue weighted by molar-refractivity contribution is 6.30. The predicted molar refractivity (Wildman–Crippen MR) is 110 cm³/mol. The van der Waals surface area contributed by atoms with Crippen LogP contribution in [0.2, 0.25) is 5.02 Å². The van der Waals surface area contributed by atoms with Crippen molar-refractivity contribution < 1.29 is 18.0 Å². The number of alkyl halides is 3. The van der Waals surface area contributed by atoms with E-state index in [1.807, 2.05) is 31.1 Å². The number of carbonyl (C=O) groups is 1. The molecule has 0 radical (unpaired) electrons. The molecule has 1 aromatic heterocycles. The van der Waals surface area contributed by atoms with Crippen molar-refractivity contribution >= 4 is 23.2 Å². The molecule has 0 saturated heterocycles. The summed E-state index contributed by atoms with van der Waals surface area (Å²) in [5.41, 5.74) is -0.0933. The van der Waals surface area contributed by atoms with Gasteiger partial charge in [-0.25, -0.2) is 4.68 Å². The monoisotopic (exact) mass is 436 g/mol. The molecule has 0 saturated carbocycles. The van der Waals surface area contributed by atoms with Gasteiger partial charge in [-0.3, -0.25) is 4.79 Å². The molecule has 0 aliphatic carbocycles. The number of likely N-dealkylation sites (N-methyl/N-ethyl adjacent to an activating group) is 1. The molecule has 0 aliphatic heterocycles. The van der Waals surface area contributed by atoms with Gasteiger partial charge in [0, 0.05) is 17.3 Å². The smallest absolute Gasteiger partial charge is 0.322 e. The van der Waals surface area contributed by atoms with Crippen molar-refractivity contribution in [2.24, 2.45) is 0 Å². The van der Waals surface area contributed by atoms with E-state index in [4.69, 9.17) is 11.6 Å². The number of hydrogen-bond acceptors (Lipinski definition) is 3. The molecule has 0 atom stereocenters. The molecule has 0 spiro atoms. The van der Waals surface area contributed by atoms with Crippen molar-refractivity contribution in [3.63, 3.8) is 0 Å². The highest BCUT2D eigenvalue weighted by Gasteiger charge is 2.40. The highest BCUT2D eigenvalue weighted by atomic mass is 35.5. The first-order chi connectivity index (χ1) is 14.1. The minimum Gasteiger partial charge on any atom is -0.322 e. The molecule has 0 unspecified atom stereocenters. The fraction of sp³-hybridized carbons (Fsp3) is 0.238. The highest BCUT2D eigenvalue weighted by Crippen LogP contribution is 2.34. The van der Waals surface area contributed by atoms with Crippen LogP contribution in [0.25, 0.3) is 5.69 Å². The van der Waals surface area contributed by atoms with Crippen molar-refractivity contribution in [1.29, 1.82) is 0 Å². The molecule has 0 bridgehead atoms. The topological polar surface area (TPSA) is 50.2 Å². The number of aromatic nitrogens is 2. The van der Waals surface area contributed by atoms with Crippen molar-refractivity contribution in [2.45, 2.75) is 12.6 Å². The maximum Gasteiger partial charge on any atom is 0.434 e. The van der Waals surface area contributed by atoms with Gasteiger partial charge in [0.1, 0.15) is 0 Å². The number of hydrogen-bond donors (Lipinski definition) is 1. The molecule has 1 N–H and O–H groups in total. The number of benzene rings is 2. The van der Waals surface area contributed by atoms with Gasteiger partial charge >= 0.3 is 6.18 Å². The van der Waals surface area contributed by atoms with Gasteiger partial charge in [0.25, 0.3) is 5.91 Å². The summed E-state index contributed by atoms with van der Waals surface area (Å²) in [6, 6.07) is 12.7. The Hall–Kier alpha value is -2.84. The Bertz CT molecular complexity index is 1010. The Kier molecular flexibility index (Phi) is 6.48. The zero-order valence-electron chi connectivity index (χ0n) is 16.4. The third-order valence-electron chi connectivity index (χ3n) is 4.41. The van der Waals surface area contributed by atoms with E-state index < -0.39 is 23.3 Å². The van der Waals surface area contributed by atoms with Gasteiger partial charge in [-0.15, -0.1) is 0 Å². The van der Waals surface area contributed by atoms with Crippen molar-refractivity contribution in [3.8, 4) is 5.69 Å². The molecule has 2 aromatic carbocycles. The lowest BCUT2D eigenvalue weighted by Crippen LogP contribution is -2.20. The van der Waals surface area contributed by atoms with E-state index >= 15 is 0 Å². The standard InChI is InChI=1S/C21H20ClF3N4O/c1-28(2)12-11-14-3-7-16(8-4-14)27-20(30)18-13-26-29(19(18)21(23,24)25)17-9-5-15(22)6-10-17/h3-10,13H,11-12H2,1-2H3,(H,27,30). The summed E-state index contributed by atoms with van der Waals surface area (Å²) < 4.78 is 41.9. The van der Waals surface area contributed by atoms with Gasteiger partial charge in [-0.05, 0) is 62.5 Å². The maximum atomic E-state index is 13.7. The molecular weight excluding hydrogens is 417 g/mol. The zero-order valence-corrected chi connectivity index (χ0v) is 17.1. The lowest BCUT2D eigenvalue weighted by Gasteiger charge is -2.13. The van der Waals surface area contributed by atoms with Crippen molar-refractivity contribution in [3.05, 3.63) is 76.6 Å². The number of nitrogens with one attached hydrogen (secondary N) is 1. The average molecular weight is 437 g/mol. The largest absolute Gasteiger partial charge is 0.434 e. The molecule has 0 fully saturated rings. The summed E-state index contributed by atoms with van der Waals surface area (Å²) in [6.45, 7) is 0.866. The third kappa shape index (κ3) is 5.20. The quantitative estimate of drug-likeness (QED) is 0.598. The molecule has 3 rings (SSSR count).